The van der Waals surface area contributed by atoms with Crippen molar-refractivity contribution in [2.75, 3.05) is 19.6 Å². The van der Waals surface area contributed by atoms with Crippen molar-refractivity contribution in [3.8, 4) is 33.8 Å². The summed E-state index contributed by atoms with van der Waals surface area (Å²) in [7, 11) is 0. The van der Waals surface area contributed by atoms with Crippen LogP contribution in [0, 0.1) is 0 Å². The van der Waals surface area contributed by atoms with Crippen molar-refractivity contribution in [2.24, 2.45) is 0 Å². The summed E-state index contributed by atoms with van der Waals surface area (Å²) in [6.45, 7) is 8.43. The average molecular weight is 435 g/mol. The fourth-order valence-electron chi connectivity index (χ4n) is 4.54. The number of aromatic nitrogens is 3. The molecule has 0 aliphatic carbocycles. The molecule has 0 spiro atoms. The minimum Gasteiger partial charge on any atom is -0.308 e. The third-order valence-electron chi connectivity index (χ3n) is 6.37. The molecular formula is C29H30N4. The summed E-state index contributed by atoms with van der Waals surface area (Å²) in [4.78, 5) is 7.71. The summed E-state index contributed by atoms with van der Waals surface area (Å²) in [6, 6.07) is 31.8. The average Bonchev–Trinajstić information content (AvgIpc) is 3.43. The van der Waals surface area contributed by atoms with Gasteiger partial charge in [-0.1, -0.05) is 105 Å². The molecule has 0 N–H and O–H groups in total. The van der Waals surface area contributed by atoms with E-state index >= 15 is 0 Å². The molecule has 4 heteroatoms. The molecule has 5 aromatic rings. The topological polar surface area (TPSA) is 25.5 Å². The van der Waals surface area contributed by atoms with Gasteiger partial charge in [0.15, 0.2) is 0 Å². The lowest BCUT2D eigenvalue weighted by atomic mass is 10.0. The molecule has 0 saturated heterocycles. The maximum Gasteiger partial charge on any atom is 0.215 e. The van der Waals surface area contributed by atoms with Crippen LogP contribution in [0.15, 0.2) is 97.2 Å². The number of fused-ring (bicyclic) bond motifs is 1. The first kappa shape index (κ1) is 21.2. The summed E-state index contributed by atoms with van der Waals surface area (Å²) in [6.07, 6.45) is 2.26. The van der Waals surface area contributed by atoms with Crippen LogP contribution in [0.2, 0.25) is 0 Å². The molecule has 166 valence electrons. The highest BCUT2D eigenvalue weighted by molar-refractivity contribution is 5.82. The smallest absolute Gasteiger partial charge is 0.215 e. The van der Waals surface area contributed by atoms with Gasteiger partial charge in [0.05, 0.1) is 17.1 Å². The predicted molar refractivity (Wildman–Crippen MR) is 137 cm³/mol. The number of likely N-dealkylation sites (N-methyl/N-ethyl adjacent to an activating group) is 1. The van der Waals surface area contributed by atoms with Gasteiger partial charge in [0.1, 0.15) is 0 Å². The van der Waals surface area contributed by atoms with Gasteiger partial charge in [0, 0.05) is 30.4 Å². The molecule has 33 heavy (non-hydrogen) atoms. The van der Waals surface area contributed by atoms with Gasteiger partial charge in [-0.3, -0.25) is 4.40 Å². The van der Waals surface area contributed by atoms with E-state index in [9.17, 15) is 0 Å². The second-order valence-corrected chi connectivity index (χ2v) is 8.27. The maximum atomic E-state index is 5.24. The molecule has 0 amide bonds. The van der Waals surface area contributed by atoms with Gasteiger partial charge in [-0.15, -0.1) is 0 Å². The minimum atomic E-state index is 0.891. The van der Waals surface area contributed by atoms with E-state index in [1.54, 1.807) is 0 Å². The second-order valence-electron chi connectivity index (χ2n) is 8.27. The van der Waals surface area contributed by atoms with E-state index < -0.39 is 0 Å². The summed E-state index contributed by atoms with van der Waals surface area (Å²) in [5, 5.41) is 0. The van der Waals surface area contributed by atoms with Crippen molar-refractivity contribution in [1.82, 2.24) is 18.9 Å². The second kappa shape index (κ2) is 9.47. The maximum absolute atomic E-state index is 5.24. The highest BCUT2D eigenvalue weighted by Gasteiger charge is 2.21. The van der Waals surface area contributed by atoms with E-state index in [0.29, 0.717) is 0 Å². The SMILES string of the molecule is CCN(CC)CCn1c(-c2ccccc2)cn2c(-c3ccccc3)c(-c3ccccc3)nc12. The molecule has 0 aliphatic rings. The summed E-state index contributed by atoms with van der Waals surface area (Å²) in [5.74, 6) is 0.985. The fourth-order valence-corrected chi connectivity index (χ4v) is 4.54. The van der Waals surface area contributed by atoms with Gasteiger partial charge in [-0.2, -0.15) is 0 Å². The zero-order valence-corrected chi connectivity index (χ0v) is 19.4. The van der Waals surface area contributed by atoms with Crippen LogP contribution in [0.3, 0.4) is 0 Å². The molecule has 0 radical (unpaired) electrons. The van der Waals surface area contributed by atoms with Crippen molar-refractivity contribution in [3.05, 3.63) is 97.2 Å². The number of hydrogen-bond donors (Lipinski definition) is 0. The monoisotopic (exact) mass is 434 g/mol. The van der Waals surface area contributed by atoms with E-state index in [1.165, 1.54) is 16.8 Å². The molecule has 5 rings (SSSR count). The number of nitrogens with zero attached hydrogens (tertiary/aromatic N) is 4. The fraction of sp³-hybridized carbons (Fsp3) is 0.207. The van der Waals surface area contributed by atoms with Crippen molar-refractivity contribution in [1.29, 1.82) is 0 Å². The molecule has 0 bridgehead atoms. The van der Waals surface area contributed by atoms with Crippen LogP contribution in [-0.4, -0.2) is 38.5 Å². The first-order chi connectivity index (χ1) is 16.3. The van der Waals surface area contributed by atoms with Crippen LogP contribution in [0.4, 0.5) is 0 Å². The highest BCUT2D eigenvalue weighted by atomic mass is 15.2. The van der Waals surface area contributed by atoms with Crippen molar-refractivity contribution in [3.63, 3.8) is 0 Å². The van der Waals surface area contributed by atoms with Crippen molar-refractivity contribution in [2.45, 2.75) is 20.4 Å². The third kappa shape index (κ3) is 4.10. The van der Waals surface area contributed by atoms with Gasteiger partial charge in [-0.25, -0.2) is 4.98 Å². The normalized spacial score (nSPS) is 11.5. The van der Waals surface area contributed by atoms with Crippen LogP contribution >= 0.6 is 0 Å². The Morgan fingerprint density at radius 2 is 1.24 bits per heavy atom. The van der Waals surface area contributed by atoms with E-state index in [0.717, 1.165) is 48.9 Å². The zero-order chi connectivity index (χ0) is 22.6. The van der Waals surface area contributed by atoms with Gasteiger partial charge in [-0.05, 0) is 18.7 Å². The third-order valence-corrected chi connectivity index (χ3v) is 6.37. The van der Waals surface area contributed by atoms with Gasteiger partial charge >= 0.3 is 0 Å². The van der Waals surface area contributed by atoms with Crippen LogP contribution in [0.1, 0.15) is 13.8 Å². The van der Waals surface area contributed by atoms with Crippen molar-refractivity contribution < 1.29 is 0 Å². The molecule has 0 unspecified atom stereocenters. The van der Waals surface area contributed by atoms with Crippen LogP contribution in [-0.2, 0) is 6.54 Å². The first-order valence-corrected chi connectivity index (χ1v) is 11.8. The Morgan fingerprint density at radius 1 is 0.697 bits per heavy atom. The Labute approximate surface area is 195 Å². The first-order valence-electron chi connectivity index (χ1n) is 11.8. The number of hydrogen-bond acceptors (Lipinski definition) is 2. The summed E-state index contributed by atoms with van der Waals surface area (Å²) >= 11 is 0. The van der Waals surface area contributed by atoms with Gasteiger partial charge in [0.25, 0.3) is 0 Å². The van der Waals surface area contributed by atoms with E-state index in [-0.39, 0.29) is 0 Å². The lowest BCUT2D eigenvalue weighted by Gasteiger charge is -2.19. The molecule has 4 nitrogen and oxygen atoms in total. The highest BCUT2D eigenvalue weighted by Crippen LogP contribution is 2.35. The number of rotatable bonds is 8. The molecular weight excluding hydrogens is 404 g/mol. The van der Waals surface area contributed by atoms with E-state index in [4.69, 9.17) is 4.98 Å². The van der Waals surface area contributed by atoms with Gasteiger partial charge in [0.2, 0.25) is 5.78 Å². The van der Waals surface area contributed by atoms with E-state index in [1.807, 2.05) is 0 Å². The predicted octanol–water partition coefficient (Wildman–Crippen LogP) is 6.48. The largest absolute Gasteiger partial charge is 0.308 e. The van der Waals surface area contributed by atoms with Crippen LogP contribution in [0.25, 0.3) is 39.5 Å². The Bertz CT molecular complexity index is 1310. The molecule has 0 fully saturated rings. The van der Waals surface area contributed by atoms with E-state index in [2.05, 4.69) is 125 Å². The molecule has 0 atom stereocenters. The van der Waals surface area contributed by atoms with Gasteiger partial charge < -0.3 is 9.47 Å². The van der Waals surface area contributed by atoms with Crippen molar-refractivity contribution >= 4 is 5.78 Å². The Kier molecular flexibility index (Phi) is 6.09. The molecule has 2 aromatic heterocycles. The Morgan fingerprint density at radius 3 is 1.82 bits per heavy atom. The Balaban J connectivity index is 1.75. The summed E-state index contributed by atoms with van der Waals surface area (Å²) < 4.78 is 4.66. The molecule has 0 aliphatic heterocycles. The number of imidazole rings is 2. The number of benzene rings is 3. The minimum absolute atomic E-state index is 0.891. The molecule has 2 heterocycles. The summed E-state index contributed by atoms with van der Waals surface area (Å²) in [5.41, 5.74) is 6.87. The van der Waals surface area contributed by atoms with Crippen LogP contribution < -0.4 is 0 Å². The lowest BCUT2D eigenvalue weighted by Crippen LogP contribution is -2.27. The lowest BCUT2D eigenvalue weighted by molar-refractivity contribution is 0.292. The quantitative estimate of drug-likeness (QED) is 0.279. The standard InChI is InChI=1S/C29H30N4/c1-3-31(4-2)20-21-32-26(23-14-8-5-9-15-23)22-33-28(25-18-12-7-13-19-25)27(30-29(32)33)24-16-10-6-11-17-24/h5-19,22H,3-4,20-21H2,1-2H3. The van der Waals surface area contributed by atoms with Crippen LogP contribution in [0.5, 0.6) is 0 Å². The zero-order valence-electron chi connectivity index (χ0n) is 19.4. The molecule has 3 aromatic carbocycles. The Hall–Kier alpha value is -3.63. The molecule has 0 saturated carbocycles.